The van der Waals surface area contributed by atoms with E-state index in [2.05, 4.69) is 17.0 Å². The molecule has 0 radical (unpaired) electrons. The molecule has 8 heteroatoms. The standard InChI is InChI=1S/C10H11F4N3O/c1-2-3-15-8(18)5-17-7(10(13)14)4-6(16-17)9(11)12/h2,4,9-10H,1,3,5H2,(H,15,18). The van der Waals surface area contributed by atoms with Crippen molar-refractivity contribution in [3.8, 4) is 0 Å². The second kappa shape index (κ2) is 6.18. The van der Waals surface area contributed by atoms with Gasteiger partial charge in [-0.25, -0.2) is 17.6 Å². The number of amides is 1. The van der Waals surface area contributed by atoms with Gasteiger partial charge >= 0.3 is 0 Å². The van der Waals surface area contributed by atoms with Crippen LogP contribution in [-0.2, 0) is 11.3 Å². The Morgan fingerprint density at radius 2 is 2.11 bits per heavy atom. The fourth-order valence-corrected chi connectivity index (χ4v) is 1.24. The van der Waals surface area contributed by atoms with Crippen molar-refractivity contribution in [1.29, 1.82) is 0 Å². The Balaban J connectivity index is 2.85. The van der Waals surface area contributed by atoms with Crippen LogP contribution in [0.4, 0.5) is 17.6 Å². The molecule has 0 aliphatic heterocycles. The first kappa shape index (κ1) is 14.2. The van der Waals surface area contributed by atoms with Crippen molar-refractivity contribution in [3.63, 3.8) is 0 Å². The molecule has 4 nitrogen and oxygen atoms in total. The lowest BCUT2D eigenvalue weighted by atomic mass is 10.3. The van der Waals surface area contributed by atoms with E-state index in [1.165, 1.54) is 6.08 Å². The minimum absolute atomic E-state index is 0.159. The number of halogens is 4. The number of aromatic nitrogens is 2. The van der Waals surface area contributed by atoms with Crippen molar-refractivity contribution in [2.75, 3.05) is 6.54 Å². The second-order valence-electron chi connectivity index (χ2n) is 3.35. The number of hydrogen-bond acceptors (Lipinski definition) is 2. The third-order valence-electron chi connectivity index (χ3n) is 2.01. The van der Waals surface area contributed by atoms with Crippen molar-refractivity contribution < 1.29 is 22.4 Å². The van der Waals surface area contributed by atoms with Gasteiger partial charge in [-0.05, 0) is 6.07 Å². The van der Waals surface area contributed by atoms with E-state index in [9.17, 15) is 22.4 Å². The molecule has 0 fully saturated rings. The summed E-state index contributed by atoms with van der Waals surface area (Å²) >= 11 is 0. The summed E-state index contributed by atoms with van der Waals surface area (Å²) in [7, 11) is 0. The lowest BCUT2D eigenvalue weighted by Gasteiger charge is -2.06. The third-order valence-corrected chi connectivity index (χ3v) is 2.01. The smallest absolute Gasteiger partial charge is 0.282 e. The topological polar surface area (TPSA) is 46.9 Å². The van der Waals surface area contributed by atoms with Crippen LogP contribution in [0.2, 0.25) is 0 Å². The van der Waals surface area contributed by atoms with E-state index in [1.807, 2.05) is 0 Å². The first-order chi connectivity index (χ1) is 8.45. The summed E-state index contributed by atoms with van der Waals surface area (Å²) in [6.07, 6.45) is -4.53. The Hall–Kier alpha value is -1.86. The van der Waals surface area contributed by atoms with Crippen LogP contribution in [-0.4, -0.2) is 22.2 Å². The molecular weight excluding hydrogens is 254 g/mol. The van der Waals surface area contributed by atoms with E-state index < -0.39 is 36.7 Å². The molecule has 18 heavy (non-hydrogen) atoms. The third kappa shape index (κ3) is 3.57. The maximum absolute atomic E-state index is 12.6. The van der Waals surface area contributed by atoms with Crippen LogP contribution in [0.5, 0.6) is 0 Å². The number of nitrogens with zero attached hydrogens (tertiary/aromatic N) is 2. The van der Waals surface area contributed by atoms with Crippen molar-refractivity contribution in [3.05, 3.63) is 30.1 Å². The number of rotatable bonds is 6. The van der Waals surface area contributed by atoms with Crippen LogP contribution in [0.15, 0.2) is 18.7 Å². The summed E-state index contributed by atoms with van der Waals surface area (Å²) < 4.78 is 50.3. The van der Waals surface area contributed by atoms with Gasteiger partial charge in [0.15, 0.2) is 0 Å². The van der Waals surface area contributed by atoms with Crippen molar-refractivity contribution in [1.82, 2.24) is 15.1 Å². The van der Waals surface area contributed by atoms with Crippen LogP contribution >= 0.6 is 0 Å². The van der Waals surface area contributed by atoms with Crippen molar-refractivity contribution in [2.24, 2.45) is 0 Å². The monoisotopic (exact) mass is 265 g/mol. The average Bonchev–Trinajstić information content (AvgIpc) is 2.70. The highest BCUT2D eigenvalue weighted by Crippen LogP contribution is 2.24. The van der Waals surface area contributed by atoms with Crippen LogP contribution in [0, 0.1) is 0 Å². The molecule has 0 unspecified atom stereocenters. The highest BCUT2D eigenvalue weighted by Gasteiger charge is 2.22. The second-order valence-corrected chi connectivity index (χ2v) is 3.35. The summed E-state index contributed by atoms with van der Waals surface area (Å²) in [5.74, 6) is -0.610. The van der Waals surface area contributed by atoms with Crippen LogP contribution in [0.1, 0.15) is 24.2 Å². The maximum atomic E-state index is 12.6. The largest absolute Gasteiger partial charge is 0.351 e. The maximum Gasteiger partial charge on any atom is 0.282 e. The molecular formula is C10H11F4N3O. The number of carbonyl (C=O) groups excluding carboxylic acids is 1. The van der Waals surface area contributed by atoms with Crippen molar-refractivity contribution in [2.45, 2.75) is 19.4 Å². The predicted octanol–water partition coefficient (Wildman–Crippen LogP) is 2.06. The van der Waals surface area contributed by atoms with Gasteiger partial charge in [0.05, 0.1) is 0 Å². The quantitative estimate of drug-likeness (QED) is 0.632. The first-order valence-electron chi connectivity index (χ1n) is 4.97. The minimum Gasteiger partial charge on any atom is -0.351 e. The van der Waals surface area contributed by atoms with Gasteiger partial charge in [-0.2, -0.15) is 5.10 Å². The van der Waals surface area contributed by atoms with Gasteiger partial charge in [0.1, 0.15) is 17.9 Å². The number of alkyl halides is 4. The van der Waals surface area contributed by atoms with Crippen LogP contribution < -0.4 is 5.32 Å². The molecule has 1 aromatic rings. The van der Waals surface area contributed by atoms with Gasteiger partial charge < -0.3 is 5.32 Å². The molecule has 1 amide bonds. The minimum atomic E-state index is -2.97. The van der Waals surface area contributed by atoms with E-state index in [0.29, 0.717) is 10.7 Å². The van der Waals surface area contributed by atoms with E-state index in [1.54, 1.807) is 0 Å². The molecule has 0 bridgehead atoms. The Morgan fingerprint density at radius 1 is 1.44 bits per heavy atom. The fraction of sp³-hybridized carbons (Fsp3) is 0.400. The fourth-order valence-electron chi connectivity index (χ4n) is 1.24. The van der Waals surface area contributed by atoms with E-state index in [4.69, 9.17) is 0 Å². The zero-order valence-electron chi connectivity index (χ0n) is 9.25. The summed E-state index contributed by atoms with van der Waals surface area (Å²) in [5, 5.41) is 5.61. The summed E-state index contributed by atoms with van der Waals surface area (Å²) in [5.41, 5.74) is -1.49. The van der Waals surface area contributed by atoms with E-state index >= 15 is 0 Å². The molecule has 0 saturated carbocycles. The van der Waals surface area contributed by atoms with Gasteiger partial charge in [0.2, 0.25) is 5.91 Å². The molecule has 100 valence electrons. The molecule has 0 aromatic carbocycles. The van der Waals surface area contributed by atoms with Crippen LogP contribution in [0.3, 0.4) is 0 Å². The number of carbonyl (C=O) groups is 1. The zero-order chi connectivity index (χ0) is 13.7. The highest BCUT2D eigenvalue weighted by atomic mass is 19.3. The van der Waals surface area contributed by atoms with Crippen molar-refractivity contribution >= 4 is 5.91 Å². The Labute approximate surface area is 100 Å². The predicted molar refractivity (Wildman–Crippen MR) is 55.3 cm³/mol. The van der Waals surface area contributed by atoms with E-state index in [-0.39, 0.29) is 6.54 Å². The van der Waals surface area contributed by atoms with Crippen LogP contribution in [0.25, 0.3) is 0 Å². The summed E-state index contributed by atoms with van der Waals surface area (Å²) in [4.78, 5) is 11.3. The highest BCUT2D eigenvalue weighted by molar-refractivity contribution is 5.75. The number of nitrogens with one attached hydrogen (secondary N) is 1. The lowest BCUT2D eigenvalue weighted by molar-refractivity contribution is -0.121. The summed E-state index contributed by atoms with van der Waals surface area (Å²) in [6, 6.07) is 0.593. The Morgan fingerprint density at radius 3 is 2.61 bits per heavy atom. The first-order valence-corrected chi connectivity index (χ1v) is 4.97. The Bertz CT molecular complexity index is 431. The normalized spacial score (nSPS) is 11.0. The molecule has 0 aliphatic carbocycles. The molecule has 1 rings (SSSR count). The zero-order valence-corrected chi connectivity index (χ0v) is 9.25. The van der Waals surface area contributed by atoms with Gasteiger partial charge in [0.25, 0.3) is 12.9 Å². The van der Waals surface area contributed by atoms with Gasteiger partial charge in [-0.15, -0.1) is 6.58 Å². The molecule has 1 heterocycles. The summed E-state index contributed by atoms with van der Waals surface area (Å²) in [6.45, 7) is 2.97. The molecule has 0 saturated heterocycles. The van der Waals surface area contributed by atoms with Gasteiger partial charge in [-0.3, -0.25) is 9.48 Å². The number of hydrogen-bond donors (Lipinski definition) is 1. The molecule has 0 aliphatic rings. The molecule has 1 aromatic heterocycles. The van der Waals surface area contributed by atoms with E-state index in [0.717, 1.165) is 0 Å². The average molecular weight is 265 g/mol. The molecule has 0 spiro atoms. The SMILES string of the molecule is C=CCNC(=O)Cn1nc(C(F)F)cc1C(F)F. The van der Waals surface area contributed by atoms with Gasteiger partial charge in [-0.1, -0.05) is 6.08 Å². The molecule has 1 N–H and O–H groups in total. The Kier molecular flexibility index (Phi) is 4.87. The van der Waals surface area contributed by atoms with Gasteiger partial charge in [0, 0.05) is 6.54 Å². The lowest BCUT2D eigenvalue weighted by Crippen LogP contribution is -2.28. The molecule has 0 atom stereocenters.